The second kappa shape index (κ2) is 5.01. The van der Waals surface area contributed by atoms with Crippen LogP contribution >= 0.6 is 0 Å². The van der Waals surface area contributed by atoms with E-state index in [1.807, 2.05) is 13.0 Å². The highest BCUT2D eigenvalue weighted by Crippen LogP contribution is 2.25. The minimum absolute atomic E-state index is 0.0160. The lowest BCUT2D eigenvalue weighted by atomic mass is 10.1. The first-order valence-corrected chi connectivity index (χ1v) is 5.56. The van der Waals surface area contributed by atoms with Crippen LogP contribution < -0.4 is 11.5 Å². The zero-order chi connectivity index (χ0) is 13.1. The predicted octanol–water partition coefficient (Wildman–Crippen LogP) is 0.539. The largest absolute Gasteiger partial charge is 0.399 e. The van der Waals surface area contributed by atoms with Gasteiger partial charge in [0.25, 0.3) is 0 Å². The molecular weight excluding hydrogens is 232 g/mol. The summed E-state index contributed by atoms with van der Waals surface area (Å²) in [7, 11) is 1.65. The molecule has 18 heavy (non-hydrogen) atoms. The smallest absolute Gasteiger partial charge is 0.184 e. The number of nitrogens with two attached hydrogens (primary N) is 2. The van der Waals surface area contributed by atoms with Gasteiger partial charge in [-0.15, -0.1) is 5.10 Å². The molecule has 1 aromatic carbocycles. The SMILES string of the molecule is COC(C)Cn1nnnc1-c1ccc(N)cc1N. The Morgan fingerprint density at radius 2 is 2.17 bits per heavy atom. The molecule has 0 bridgehead atoms. The first-order valence-electron chi connectivity index (χ1n) is 5.56. The molecule has 0 amide bonds. The predicted molar refractivity (Wildman–Crippen MR) is 68.5 cm³/mol. The first-order chi connectivity index (χ1) is 8.61. The van der Waals surface area contributed by atoms with Crippen molar-refractivity contribution in [3.8, 4) is 11.4 Å². The molecule has 0 fully saturated rings. The van der Waals surface area contributed by atoms with Crippen LogP contribution in [0.15, 0.2) is 18.2 Å². The van der Waals surface area contributed by atoms with Crippen molar-refractivity contribution in [2.45, 2.75) is 19.6 Å². The molecule has 1 heterocycles. The van der Waals surface area contributed by atoms with Crippen LogP contribution in [0.25, 0.3) is 11.4 Å². The van der Waals surface area contributed by atoms with E-state index in [1.165, 1.54) is 0 Å². The number of benzene rings is 1. The summed E-state index contributed by atoms with van der Waals surface area (Å²) in [5.74, 6) is 0.608. The highest BCUT2D eigenvalue weighted by molar-refractivity contribution is 5.74. The number of aromatic nitrogens is 4. The lowest BCUT2D eigenvalue weighted by molar-refractivity contribution is 0.0997. The summed E-state index contributed by atoms with van der Waals surface area (Å²) in [4.78, 5) is 0. The molecule has 0 saturated carbocycles. The van der Waals surface area contributed by atoms with E-state index in [1.54, 1.807) is 23.9 Å². The van der Waals surface area contributed by atoms with Gasteiger partial charge in [-0.1, -0.05) is 0 Å². The van der Waals surface area contributed by atoms with Crippen molar-refractivity contribution in [3.63, 3.8) is 0 Å². The molecule has 1 aromatic heterocycles. The summed E-state index contributed by atoms with van der Waals surface area (Å²) >= 11 is 0. The van der Waals surface area contributed by atoms with Crippen LogP contribution in [-0.2, 0) is 11.3 Å². The molecule has 4 N–H and O–H groups in total. The van der Waals surface area contributed by atoms with Crippen LogP contribution in [-0.4, -0.2) is 33.4 Å². The summed E-state index contributed by atoms with van der Waals surface area (Å²) in [6.45, 7) is 2.50. The minimum Gasteiger partial charge on any atom is -0.399 e. The first kappa shape index (κ1) is 12.3. The Morgan fingerprint density at radius 1 is 1.39 bits per heavy atom. The van der Waals surface area contributed by atoms with E-state index in [-0.39, 0.29) is 6.10 Å². The van der Waals surface area contributed by atoms with Crippen molar-refractivity contribution in [1.29, 1.82) is 0 Å². The van der Waals surface area contributed by atoms with Crippen LogP contribution in [0.3, 0.4) is 0 Å². The molecule has 0 aliphatic heterocycles. The average Bonchev–Trinajstić information content (AvgIpc) is 2.77. The van der Waals surface area contributed by atoms with Gasteiger partial charge in [-0.25, -0.2) is 4.68 Å². The highest BCUT2D eigenvalue weighted by Gasteiger charge is 2.13. The number of nitrogen functional groups attached to an aromatic ring is 2. The molecule has 7 heteroatoms. The Morgan fingerprint density at radius 3 is 2.83 bits per heavy atom. The minimum atomic E-state index is 0.0160. The number of ether oxygens (including phenoxy) is 1. The summed E-state index contributed by atoms with van der Waals surface area (Å²) in [5.41, 5.74) is 13.5. The zero-order valence-electron chi connectivity index (χ0n) is 10.4. The average molecular weight is 248 g/mol. The van der Waals surface area contributed by atoms with E-state index >= 15 is 0 Å². The van der Waals surface area contributed by atoms with Crippen molar-refractivity contribution < 1.29 is 4.74 Å². The summed E-state index contributed by atoms with van der Waals surface area (Å²) in [5, 5.41) is 11.6. The topological polar surface area (TPSA) is 105 Å². The normalized spacial score (nSPS) is 12.6. The monoisotopic (exact) mass is 248 g/mol. The van der Waals surface area contributed by atoms with Gasteiger partial charge in [0.15, 0.2) is 5.82 Å². The molecule has 0 saturated heterocycles. The van der Waals surface area contributed by atoms with E-state index in [0.29, 0.717) is 23.7 Å². The zero-order valence-corrected chi connectivity index (χ0v) is 10.4. The molecule has 0 radical (unpaired) electrons. The maximum Gasteiger partial charge on any atom is 0.184 e. The van der Waals surface area contributed by atoms with Gasteiger partial charge >= 0.3 is 0 Å². The Balaban J connectivity index is 2.36. The standard InChI is InChI=1S/C11H16N6O/c1-7(18-2)6-17-11(14-15-16-17)9-4-3-8(12)5-10(9)13/h3-5,7H,6,12-13H2,1-2H3. The van der Waals surface area contributed by atoms with E-state index in [0.717, 1.165) is 5.56 Å². The third kappa shape index (κ3) is 2.40. The van der Waals surface area contributed by atoms with Crippen LogP contribution in [0.4, 0.5) is 11.4 Å². The van der Waals surface area contributed by atoms with Gasteiger partial charge in [0.2, 0.25) is 0 Å². The number of hydrogen-bond donors (Lipinski definition) is 2. The molecule has 1 atom stereocenters. The van der Waals surface area contributed by atoms with Crippen molar-refractivity contribution in [2.75, 3.05) is 18.6 Å². The molecule has 7 nitrogen and oxygen atoms in total. The maximum atomic E-state index is 5.92. The van der Waals surface area contributed by atoms with Gasteiger partial charge in [-0.2, -0.15) is 0 Å². The van der Waals surface area contributed by atoms with Gasteiger partial charge in [-0.3, -0.25) is 0 Å². The van der Waals surface area contributed by atoms with Crippen molar-refractivity contribution in [1.82, 2.24) is 20.2 Å². The number of rotatable bonds is 4. The van der Waals surface area contributed by atoms with Gasteiger partial charge in [0, 0.05) is 24.0 Å². The molecule has 0 aliphatic rings. The van der Waals surface area contributed by atoms with Crippen LogP contribution in [0.2, 0.25) is 0 Å². The number of nitrogens with zero attached hydrogens (tertiary/aromatic N) is 4. The molecule has 96 valence electrons. The van der Waals surface area contributed by atoms with E-state index in [9.17, 15) is 0 Å². The summed E-state index contributed by atoms with van der Waals surface area (Å²) in [6.07, 6.45) is 0.0160. The summed E-state index contributed by atoms with van der Waals surface area (Å²) in [6, 6.07) is 5.27. The lowest BCUT2D eigenvalue weighted by Gasteiger charge is -2.11. The van der Waals surface area contributed by atoms with Crippen molar-refractivity contribution in [2.24, 2.45) is 0 Å². The van der Waals surface area contributed by atoms with Crippen molar-refractivity contribution >= 4 is 11.4 Å². The number of tetrazole rings is 1. The quantitative estimate of drug-likeness (QED) is 0.765. The molecule has 2 aromatic rings. The Kier molecular flexibility index (Phi) is 3.42. The van der Waals surface area contributed by atoms with Gasteiger partial charge < -0.3 is 16.2 Å². The van der Waals surface area contributed by atoms with Gasteiger partial charge in [0.05, 0.1) is 12.6 Å². The second-order valence-corrected chi connectivity index (χ2v) is 4.08. The van der Waals surface area contributed by atoms with Gasteiger partial charge in [-0.05, 0) is 35.5 Å². The third-order valence-corrected chi connectivity index (χ3v) is 2.68. The fourth-order valence-electron chi connectivity index (χ4n) is 1.62. The van der Waals surface area contributed by atoms with Crippen LogP contribution in [0.1, 0.15) is 6.92 Å². The Labute approximate surface area is 105 Å². The molecule has 1 unspecified atom stereocenters. The fourth-order valence-corrected chi connectivity index (χ4v) is 1.62. The molecule has 0 aliphatic carbocycles. The fraction of sp³-hybridized carbons (Fsp3) is 0.364. The van der Waals surface area contributed by atoms with Gasteiger partial charge in [0.1, 0.15) is 0 Å². The Bertz CT molecular complexity index is 538. The Hall–Kier alpha value is -2.15. The number of methoxy groups -OCH3 is 1. The van der Waals surface area contributed by atoms with E-state index in [2.05, 4.69) is 15.5 Å². The van der Waals surface area contributed by atoms with E-state index in [4.69, 9.17) is 16.2 Å². The lowest BCUT2D eigenvalue weighted by Crippen LogP contribution is -2.17. The van der Waals surface area contributed by atoms with E-state index < -0.39 is 0 Å². The maximum absolute atomic E-state index is 5.92. The molecule has 2 rings (SSSR count). The molecular formula is C11H16N6O. The van der Waals surface area contributed by atoms with Crippen LogP contribution in [0, 0.1) is 0 Å². The second-order valence-electron chi connectivity index (χ2n) is 4.08. The summed E-state index contributed by atoms with van der Waals surface area (Å²) < 4.78 is 6.86. The highest BCUT2D eigenvalue weighted by atomic mass is 16.5. The number of anilines is 2. The number of hydrogen-bond acceptors (Lipinski definition) is 6. The van der Waals surface area contributed by atoms with Crippen molar-refractivity contribution in [3.05, 3.63) is 18.2 Å². The molecule has 0 spiro atoms. The third-order valence-electron chi connectivity index (χ3n) is 2.68. The van der Waals surface area contributed by atoms with Crippen LogP contribution in [0.5, 0.6) is 0 Å².